The van der Waals surface area contributed by atoms with E-state index in [1.807, 2.05) is 12.1 Å². The molecule has 2 N–H and O–H groups in total. The quantitative estimate of drug-likeness (QED) is 0.804. The Morgan fingerprint density at radius 3 is 2.89 bits per heavy atom. The van der Waals surface area contributed by atoms with Crippen LogP contribution in [0.1, 0.15) is 19.4 Å². The van der Waals surface area contributed by atoms with Crippen molar-refractivity contribution in [3.05, 3.63) is 29.8 Å². The number of rotatable bonds is 4. The van der Waals surface area contributed by atoms with Crippen molar-refractivity contribution >= 4 is 12.0 Å². The number of ether oxygens (including phenoxy) is 2. The first-order valence-corrected chi connectivity index (χ1v) is 6.01. The summed E-state index contributed by atoms with van der Waals surface area (Å²) >= 11 is 0. The summed E-state index contributed by atoms with van der Waals surface area (Å²) in [7, 11) is 0. The molecule has 1 aliphatic heterocycles. The van der Waals surface area contributed by atoms with Gasteiger partial charge in [0.2, 0.25) is 12.7 Å². The van der Waals surface area contributed by atoms with Crippen molar-refractivity contribution in [3.8, 4) is 11.5 Å². The normalized spacial score (nSPS) is 13.8. The van der Waals surface area contributed by atoms with Crippen LogP contribution in [-0.2, 0) is 4.79 Å². The van der Waals surface area contributed by atoms with Crippen LogP contribution in [0, 0.1) is 0 Å². The van der Waals surface area contributed by atoms with E-state index in [0.717, 1.165) is 5.56 Å². The van der Waals surface area contributed by atoms with Crippen LogP contribution in [0.5, 0.6) is 11.5 Å². The first kappa shape index (κ1) is 13.4. The molecule has 1 amide bonds. The zero-order valence-corrected chi connectivity index (χ0v) is 11.0. The molecule has 0 spiro atoms. The highest BCUT2D eigenvalue weighted by Gasteiger charge is 2.17. The van der Waals surface area contributed by atoms with Crippen LogP contribution in [0.25, 0.3) is 6.08 Å². The van der Waals surface area contributed by atoms with Gasteiger partial charge in [0.25, 0.3) is 0 Å². The van der Waals surface area contributed by atoms with Gasteiger partial charge in [0.15, 0.2) is 11.5 Å². The van der Waals surface area contributed by atoms with Crippen molar-refractivity contribution in [3.63, 3.8) is 0 Å². The molecule has 0 radical (unpaired) electrons. The number of carbonyl (C=O) groups is 1. The number of fused-ring (bicyclic) bond motifs is 1. The van der Waals surface area contributed by atoms with Crippen LogP contribution >= 0.6 is 0 Å². The van der Waals surface area contributed by atoms with Crippen LogP contribution in [0.15, 0.2) is 24.3 Å². The van der Waals surface area contributed by atoms with Crippen LogP contribution in [0.2, 0.25) is 0 Å². The second-order valence-corrected chi connectivity index (χ2v) is 4.98. The molecule has 1 aromatic rings. The van der Waals surface area contributed by atoms with E-state index in [-0.39, 0.29) is 19.3 Å². The standard InChI is InChI=1S/C14H17NO4/c1-14(2,8-16)15-13(17)6-4-10-3-5-11-12(7-10)19-9-18-11/h3-7,16H,8-9H2,1-2H3,(H,15,17)/b6-4+. The molecule has 1 heterocycles. The van der Waals surface area contributed by atoms with Gasteiger partial charge in [-0.1, -0.05) is 6.07 Å². The molecule has 19 heavy (non-hydrogen) atoms. The van der Waals surface area contributed by atoms with Gasteiger partial charge in [-0.05, 0) is 37.6 Å². The largest absolute Gasteiger partial charge is 0.454 e. The minimum Gasteiger partial charge on any atom is -0.454 e. The topological polar surface area (TPSA) is 67.8 Å². The van der Waals surface area contributed by atoms with Gasteiger partial charge in [0, 0.05) is 6.08 Å². The molecule has 5 nitrogen and oxygen atoms in total. The molecule has 2 rings (SSSR count). The van der Waals surface area contributed by atoms with E-state index < -0.39 is 5.54 Å². The zero-order valence-electron chi connectivity index (χ0n) is 11.0. The Bertz CT molecular complexity index is 508. The summed E-state index contributed by atoms with van der Waals surface area (Å²) in [4.78, 5) is 11.7. The van der Waals surface area contributed by atoms with E-state index in [0.29, 0.717) is 11.5 Å². The zero-order chi connectivity index (χ0) is 13.9. The highest BCUT2D eigenvalue weighted by atomic mass is 16.7. The maximum atomic E-state index is 11.7. The SMILES string of the molecule is CC(C)(CO)NC(=O)/C=C/c1ccc2c(c1)OCO2. The van der Waals surface area contributed by atoms with Gasteiger partial charge in [-0.3, -0.25) is 4.79 Å². The lowest BCUT2D eigenvalue weighted by Crippen LogP contribution is -2.45. The lowest BCUT2D eigenvalue weighted by Gasteiger charge is -2.22. The second kappa shape index (κ2) is 5.32. The molecule has 0 aromatic heterocycles. The van der Waals surface area contributed by atoms with Crippen molar-refractivity contribution in [1.82, 2.24) is 5.32 Å². The third-order valence-corrected chi connectivity index (χ3v) is 2.68. The number of amides is 1. The Morgan fingerprint density at radius 2 is 2.16 bits per heavy atom. The van der Waals surface area contributed by atoms with E-state index in [4.69, 9.17) is 14.6 Å². The van der Waals surface area contributed by atoms with E-state index in [1.165, 1.54) is 6.08 Å². The maximum Gasteiger partial charge on any atom is 0.244 e. The Labute approximate surface area is 111 Å². The Hall–Kier alpha value is -2.01. The molecule has 102 valence electrons. The molecule has 0 saturated heterocycles. The van der Waals surface area contributed by atoms with Gasteiger partial charge in [0.1, 0.15) is 0 Å². The molecule has 0 saturated carbocycles. The Kier molecular flexibility index (Phi) is 3.76. The number of hydrogen-bond donors (Lipinski definition) is 2. The molecule has 1 aromatic carbocycles. The molecule has 0 bridgehead atoms. The van der Waals surface area contributed by atoms with Gasteiger partial charge < -0.3 is 19.9 Å². The molecule has 0 fully saturated rings. The summed E-state index contributed by atoms with van der Waals surface area (Å²) in [6.45, 7) is 3.61. The highest BCUT2D eigenvalue weighted by molar-refractivity contribution is 5.92. The van der Waals surface area contributed by atoms with Crippen molar-refractivity contribution in [2.45, 2.75) is 19.4 Å². The fraction of sp³-hybridized carbons (Fsp3) is 0.357. The lowest BCUT2D eigenvalue weighted by atomic mass is 10.1. The smallest absolute Gasteiger partial charge is 0.244 e. The monoisotopic (exact) mass is 263 g/mol. The number of nitrogens with one attached hydrogen (secondary N) is 1. The average molecular weight is 263 g/mol. The molecule has 0 unspecified atom stereocenters. The molecule has 0 atom stereocenters. The predicted molar refractivity (Wildman–Crippen MR) is 70.9 cm³/mol. The van der Waals surface area contributed by atoms with Gasteiger partial charge >= 0.3 is 0 Å². The maximum absolute atomic E-state index is 11.7. The van der Waals surface area contributed by atoms with Crippen molar-refractivity contribution < 1.29 is 19.4 Å². The molecule has 5 heteroatoms. The van der Waals surface area contributed by atoms with Gasteiger partial charge in [0.05, 0.1) is 12.1 Å². The van der Waals surface area contributed by atoms with Crippen LogP contribution in [0.3, 0.4) is 0 Å². The predicted octanol–water partition coefficient (Wildman–Crippen LogP) is 1.32. The van der Waals surface area contributed by atoms with Crippen LogP contribution in [0.4, 0.5) is 0 Å². The summed E-state index contributed by atoms with van der Waals surface area (Å²) in [6.07, 6.45) is 3.11. The number of benzene rings is 1. The van der Waals surface area contributed by atoms with Crippen molar-refractivity contribution in [2.24, 2.45) is 0 Å². The van der Waals surface area contributed by atoms with E-state index >= 15 is 0 Å². The second-order valence-electron chi connectivity index (χ2n) is 4.98. The lowest BCUT2D eigenvalue weighted by molar-refractivity contribution is -0.118. The Morgan fingerprint density at radius 1 is 1.42 bits per heavy atom. The molecule has 1 aliphatic rings. The Balaban J connectivity index is 2.01. The number of carbonyl (C=O) groups excluding carboxylic acids is 1. The third-order valence-electron chi connectivity index (χ3n) is 2.68. The molecule has 0 aliphatic carbocycles. The van der Waals surface area contributed by atoms with Gasteiger partial charge in [-0.15, -0.1) is 0 Å². The van der Waals surface area contributed by atoms with Crippen LogP contribution in [-0.4, -0.2) is 30.0 Å². The summed E-state index contributed by atoms with van der Waals surface area (Å²) in [5.41, 5.74) is 0.220. The number of aliphatic hydroxyl groups is 1. The minimum absolute atomic E-state index is 0.114. The highest BCUT2D eigenvalue weighted by Crippen LogP contribution is 2.32. The number of hydrogen-bond acceptors (Lipinski definition) is 4. The number of aliphatic hydroxyl groups excluding tert-OH is 1. The molecular weight excluding hydrogens is 246 g/mol. The summed E-state index contributed by atoms with van der Waals surface area (Å²) in [6, 6.07) is 5.45. The van der Waals surface area contributed by atoms with E-state index in [2.05, 4.69) is 5.32 Å². The fourth-order valence-electron chi connectivity index (χ4n) is 1.60. The first-order valence-electron chi connectivity index (χ1n) is 6.01. The molecular formula is C14H17NO4. The first-order chi connectivity index (χ1) is 9.00. The average Bonchev–Trinajstić information content (AvgIpc) is 2.83. The van der Waals surface area contributed by atoms with Crippen molar-refractivity contribution in [2.75, 3.05) is 13.4 Å². The fourth-order valence-corrected chi connectivity index (χ4v) is 1.60. The van der Waals surface area contributed by atoms with Crippen LogP contribution < -0.4 is 14.8 Å². The van der Waals surface area contributed by atoms with E-state index in [1.54, 1.807) is 26.0 Å². The summed E-state index contributed by atoms with van der Waals surface area (Å²) in [5, 5.41) is 11.8. The third kappa shape index (κ3) is 3.48. The summed E-state index contributed by atoms with van der Waals surface area (Å²) in [5.74, 6) is 1.14. The summed E-state index contributed by atoms with van der Waals surface area (Å²) < 4.78 is 10.5. The van der Waals surface area contributed by atoms with Gasteiger partial charge in [-0.25, -0.2) is 0 Å². The van der Waals surface area contributed by atoms with Gasteiger partial charge in [-0.2, -0.15) is 0 Å². The van der Waals surface area contributed by atoms with Crippen molar-refractivity contribution in [1.29, 1.82) is 0 Å². The minimum atomic E-state index is -0.629. The van der Waals surface area contributed by atoms with E-state index in [9.17, 15) is 4.79 Å².